The van der Waals surface area contributed by atoms with Gasteiger partial charge in [0.25, 0.3) is 0 Å². The van der Waals surface area contributed by atoms with Gasteiger partial charge in [0, 0.05) is 25.8 Å². The molecule has 3 nitrogen and oxygen atoms in total. The van der Waals surface area contributed by atoms with Gasteiger partial charge in [-0.2, -0.15) is 0 Å². The molecule has 0 radical (unpaired) electrons. The molecule has 0 aliphatic carbocycles. The van der Waals surface area contributed by atoms with Crippen molar-refractivity contribution in [1.82, 2.24) is 5.32 Å². The third-order valence-corrected chi connectivity index (χ3v) is 2.86. The van der Waals surface area contributed by atoms with Crippen LogP contribution in [0.25, 0.3) is 0 Å². The lowest BCUT2D eigenvalue weighted by molar-refractivity contribution is -0.00428. The van der Waals surface area contributed by atoms with Crippen LogP contribution in [0.15, 0.2) is 0 Å². The van der Waals surface area contributed by atoms with Crippen LogP contribution in [0.4, 0.5) is 0 Å². The van der Waals surface area contributed by atoms with Crippen LogP contribution in [0.2, 0.25) is 0 Å². The summed E-state index contributed by atoms with van der Waals surface area (Å²) in [4.78, 5) is 0. The molecule has 1 aliphatic rings. The summed E-state index contributed by atoms with van der Waals surface area (Å²) in [5.41, 5.74) is 0. The lowest BCUT2D eigenvalue weighted by Gasteiger charge is -2.30. The molecule has 1 N–H and O–H groups in total. The van der Waals surface area contributed by atoms with Crippen LogP contribution in [-0.4, -0.2) is 38.5 Å². The van der Waals surface area contributed by atoms with Crippen LogP contribution in [0.5, 0.6) is 0 Å². The molecule has 3 heteroatoms. The highest BCUT2D eigenvalue weighted by Crippen LogP contribution is 2.17. The topological polar surface area (TPSA) is 30.5 Å². The molecule has 0 amide bonds. The van der Waals surface area contributed by atoms with Crippen molar-refractivity contribution in [3.63, 3.8) is 0 Å². The van der Waals surface area contributed by atoms with Gasteiger partial charge in [0.1, 0.15) is 0 Å². The fraction of sp³-hybridized carbons (Fsp3) is 1.00. The van der Waals surface area contributed by atoms with Gasteiger partial charge in [-0.25, -0.2) is 0 Å². The Bertz CT molecular complexity index is 151. The molecule has 2 unspecified atom stereocenters. The minimum Gasteiger partial charge on any atom is -0.380 e. The zero-order chi connectivity index (χ0) is 10.9. The van der Waals surface area contributed by atoms with E-state index in [1.54, 1.807) is 0 Å². The molecule has 1 fully saturated rings. The number of ether oxygens (including phenoxy) is 2. The Morgan fingerprint density at radius 3 is 3.00 bits per heavy atom. The van der Waals surface area contributed by atoms with Crippen LogP contribution >= 0.6 is 0 Å². The predicted octanol–water partition coefficient (Wildman–Crippen LogP) is 1.96. The summed E-state index contributed by atoms with van der Waals surface area (Å²) in [6.45, 7) is 7.77. The van der Waals surface area contributed by atoms with Crippen molar-refractivity contribution < 1.29 is 9.47 Å². The third kappa shape index (κ3) is 5.50. The van der Waals surface area contributed by atoms with Gasteiger partial charge in [0.05, 0.1) is 12.7 Å². The summed E-state index contributed by atoms with van der Waals surface area (Å²) < 4.78 is 11.0. The molecule has 2 atom stereocenters. The quantitative estimate of drug-likeness (QED) is 0.659. The fourth-order valence-corrected chi connectivity index (χ4v) is 2.07. The zero-order valence-corrected chi connectivity index (χ0v) is 10.1. The largest absolute Gasteiger partial charge is 0.380 e. The first-order chi connectivity index (χ1) is 7.36. The molecule has 0 saturated carbocycles. The van der Waals surface area contributed by atoms with Crippen LogP contribution < -0.4 is 5.32 Å². The van der Waals surface area contributed by atoms with Gasteiger partial charge >= 0.3 is 0 Å². The van der Waals surface area contributed by atoms with Gasteiger partial charge in [-0.15, -0.1) is 0 Å². The number of hydrogen-bond donors (Lipinski definition) is 1. The van der Waals surface area contributed by atoms with Crippen LogP contribution in [-0.2, 0) is 9.47 Å². The molecule has 90 valence electrons. The number of nitrogens with one attached hydrogen (secondary N) is 1. The molecule has 1 aliphatic heterocycles. The second-order valence-corrected chi connectivity index (χ2v) is 4.15. The Kier molecular flexibility index (Phi) is 6.98. The van der Waals surface area contributed by atoms with E-state index < -0.39 is 0 Å². The average molecular weight is 215 g/mol. The monoisotopic (exact) mass is 215 g/mol. The van der Waals surface area contributed by atoms with E-state index in [1.165, 1.54) is 19.3 Å². The van der Waals surface area contributed by atoms with Crippen molar-refractivity contribution in [2.24, 2.45) is 0 Å². The Labute approximate surface area is 93.5 Å². The minimum atomic E-state index is 0.480. The number of hydrogen-bond acceptors (Lipinski definition) is 3. The van der Waals surface area contributed by atoms with Crippen LogP contribution in [0.3, 0.4) is 0 Å². The Balaban J connectivity index is 2.07. The van der Waals surface area contributed by atoms with Crippen molar-refractivity contribution in [3.8, 4) is 0 Å². The van der Waals surface area contributed by atoms with Gasteiger partial charge in [-0.05, 0) is 26.2 Å². The van der Waals surface area contributed by atoms with Gasteiger partial charge in [0.15, 0.2) is 0 Å². The maximum Gasteiger partial charge on any atom is 0.0590 e. The molecule has 15 heavy (non-hydrogen) atoms. The molecular weight excluding hydrogens is 190 g/mol. The van der Waals surface area contributed by atoms with E-state index in [0.717, 1.165) is 32.8 Å². The molecular formula is C12H25NO2. The van der Waals surface area contributed by atoms with E-state index in [1.807, 2.05) is 6.92 Å². The summed E-state index contributed by atoms with van der Waals surface area (Å²) in [6, 6.07) is 0.635. The van der Waals surface area contributed by atoms with Crippen LogP contribution in [0.1, 0.15) is 39.5 Å². The first kappa shape index (κ1) is 12.9. The highest BCUT2D eigenvalue weighted by Gasteiger charge is 2.20. The molecule has 1 rings (SSSR count). The van der Waals surface area contributed by atoms with Gasteiger partial charge in [-0.1, -0.05) is 13.3 Å². The molecule has 0 bridgehead atoms. The molecule has 0 aromatic carbocycles. The highest BCUT2D eigenvalue weighted by atomic mass is 16.5. The Hall–Kier alpha value is -0.120. The SMILES string of the molecule is CCCC1CC(NCCOCC)CCO1. The van der Waals surface area contributed by atoms with Crippen molar-refractivity contribution in [1.29, 1.82) is 0 Å². The average Bonchev–Trinajstić information content (AvgIpc) is 2.26. The van der Waals surface area contributed by atoms with Gasteiger partial charge in [0.2, 0.25) is 0 Å². The lowest BCUT2D eigenvalue weighted by atomic mass is 10.0. The molecule has 0 spiro atoms. The van der Waals surface area contributed by atoms with E-state index in [9.17, 15) is 0 Å². The molecule has 1 heterocycles. The summed E-state index contributed by atoms with van der Waals surface area (Å²) in [6.07, 6.45) is 5.21. The van der Waals surface area contributed by atoms with Crippen molar-refractivity contribution in [2.45, 2.75) is 51.7 Å². The van der Waals surface area contributed by atoms with Crippen LogP contribution in [0, 0.1) is 0 Å². The van der Waals surface area contributed by atoms with E-state index >= 15 is 0 Å². The first-order valence-electron chi connectivity index (χ1n) is 6.29. The standard InChI is InChI=1S/C12H25NO2/c1-3-5-12-10-11(6-8-15-12)13-7-9-14-4-2/h11-13H,3-10H2,1-2H3. The molecule has 1 saturated heterocycles. The Morgan fingerprint density at radius 1 is 1.40 bits per heavy atom. The third-order valence-electron chi connectivity index (χ3n) is 2.86. The number of rotatable bonds is 7. The summed E-state index contributed by atoms with van der Waals surface area (Å²) in [5, 5.41) is 3.54. The Morgan fingerprint density at radius 2 is 2.27 bits per heavy atom. The minimum absolute atomic E-state index is 0.480. The van der Waals surface area contributed by atoms with Gasteiger partial charge < -0.3 is 14.8 Å². The summed E-state index contributed by atoms with van der Waals surface area (Å²) >= 11 is 0. The zero-order valence-electron chi connectivity index (χ0n) is 10.1. The maximum atomic E-state index is 5.70. The lowest BCUT2D eigenvalue weighted by Crippen LogP contribution is -2.40. The fourth-order valence-electron chi connectivity index (χ4n) is 2.07. The van der Waals surface area contributed by atoms with Crippen molar-refractivity contribution in [3.05, 3.63) is 0 Å². The maximum absolute atomic E-state index is 5.70. The predicted molar refractivity (Wildman–Crippen MR) is 62.2 cm³/mol. The molecule has 0 aromatic heterocycles. The van der Waals surface area contributed by atoms with E-state index in [0.29, 0.717) is 12.1 Å². The second-order valence-electron chi connectivity index (χ2n) is 4.15. The van der Waals surface area contributed by atoms with Gasteiger partial charge in [-0.3, -0.25) is 0 Å². The van der Waals surface area contributed by atoms with E-state index in [2.05, 4.69) is 12.2 Å². The van der Waals surface area contributed by atoms with Crippen molar-refractivity contribution in [2.75, 3.05) is 26.4 Å². The normalized spacial score (nSPS) is 26.8. The smallest absolute Gasteiger partial charge is 0.0590 e. The molecule has 0 aromatic rings. The van der Waals surface area contributed by atoms with E-state index in [4.69, 9.17) is 9.47 Å². The first-order valence-corrected chi connectivity index (χ1v) is 6.29. The van der Waals surface area contributed by atoms with Crippen molar-refractivity contribution >= 4 is 0 Å². The second kappa shape index (κ2) is 8.08. The summed E-state index contributed by atoms with van der Waals surface area (Å²) in [5.74, 6) is 0. The summed E-state index contributed by atoms with van der Waals surface area (Å²) in [7, 11) is 0. The van der Waals surface area contributed by atoms with E-state index in [-0.39, 0.29) is 0 Å². The highest BCUT2D eigenvalue weighted by molar-refractivity contribution is 4.76.